The molecule has 0 radical (unpaired) electrons. The van der Waals surface area contributed by atoms with Gasteiger partial charge in [0.25, 0.3) is 0 Å². The molecule has 98 valence electrons. The molecule has 0 saturated heterocycles. The molecule has 1 N–H and O–H groups in total. The molecule has 0 amide bonds. The fraction of sp³-hybridized carbons (Fsp3) is 0.333. The molecule has 1 fully saturated rings. The molecule has 2 heterocycles. The molecule has 1 aliphatic rings. The Morgan fingerprint density at radius 2 is 2.21 bits per heavy atom. The molecule has 0 aliphatic heterocycles. The first kappa shape index (κ1) is 12.0. The van der Waals surface area contributed by atoms with E-state index in [1.165, 1.54) is 7.11 Å². The average Bonchev–Trinajstić information content (AvgIpc) is 3.17. The van der Waals surface area contributed by atoms with E-state index in [0.29, 0.717) is 33.1 Å². The lowest BCUT2D eigenvalue weighted by molar-refractivity contribution is 0.0700. The number of aromatic nitrogens is 3. The summed E-state index contributed by atoms with van der Waals surface area (Å²) < 4.78 is 4.94. The Morgan fingerprint density at radius 1 is 1.42 bits per heavy atom. The molecule has 0 atom stereocenters. The summed E-state index contributed by atoms with van der Waals surface area (Å²) >= 11 is 1.15. The smallest absolute Gasteiger partial charge is 0.347 e. The number of ether oxygens (including phenoxy) is 1. The van der Waals surface area contributed by atoms with Crippen LogP contribution in [0.3, 0.4) is 0 Å². The molecule has 0 unspecified atom stereocenters. The Bertz CT molecular complexity index is 620. The van der Waals surface area contributed by atoms with Gasteiger partial charge >= 0.3 is 5.97 Å². The maximum Gasteiger partial charge on any atom is 0.347 e. The monoisotopic (exact) mass is 277 g/mol. The maximum atomic E-state index is 11.2. The number of aromatic carboxylic acids is 1. The van der Waals surface area contributed by atoms with Crippen molar-refractivity contribution in [1.82, 2.24) is 15.2 Å². The van der Waals surface area contributed by atoms with Crippen molar-refractivity contribution >= 4 is 17.3 Å². The van der Waals surface area contributed by atoms with Gasteiger partial charge in [-0.05, 0) is 18.9 Å². The average molecular weight is 277 g/mol. The SMILES string of the molecule is COc1ccc(-c2nc(C3CC3)c(C(=O)O)s2)nn1. The summed E-state index contributed by atoms with van der Waals surface area (Å²) in [5.74, 6) is -0.212. The molecule has 0 bridgehead atoms. The lowest BCUT2D eigenvalue weighted by atomic mass is 10.2. The molecule has 19 heavy (non-hydrogen) atoms. The minimum Gasteiger partial charge on any atom is -0.480 e. The van der Waals surface area contributed by atoms with E-state index in [2.05, 4.69) is 15.2 Å². The number of carboxylic acids is 1. The summed E-state index contributed by atoms with van der Waals surface area (Å²) in [6.45, 7) is 0. The predicted octanol–water partition coefficient (Wildman–Crippen LogP) is 2.18. The fourth-order valence-corrected chi connectivity index (χ4v) is 2.73. The number of rotatable bonds is 4. The molecule has 2 aromatic heterocycles. The molecule has 0 spiro atoms. The van der Waals surface area contributed by atoms with Gasteiger partial charge in [0.2, 0.25) is 5.88 Å². The molecular formula is C12H11N3O3S. The molecule has 6 nitrogen and oxygen atoms in total. The number of methoxy groups -OCH3 is 1. The summed E-state index contributed by atoms with van der Waals surface area (Å²) in [7, 11) is 1.51. The van der Waals surface area contributed by atoms with E-state index in [1.54, 1.807) is 12.1 Å². The van der Waals surface area contributed by atoms with Gasteiger partial charge in [-0.3, -0.25) is 0 Å². The molecule has 7 heteroatoms. The highest BCUT2D eigenvalue weighted by molar-refractivity contribution is 7.17. The van der Waals surface area contributed by atoms with Crippen LogP contribution in [0, 0.1) is 0 Å². The van der Waals surface area contributed by atoms with Gasteiger partial charge in [0.15, 0.2) is 0 Å². The van der Waals surface area contributed by atoms with Crippen molar-refractivity contribution in [3.63, 3.8) is 0 Å². The van der Waals surface area contributed by atoms with Crippen LogP contribution in [0.1, 0.15) is 34.1 Å². The molecule has 1 aliphatic carbocycles. The lowest BCUT2D eigenvalue weighted by Crippen LogP contribution is -1.97. The molecule has 3 rings (SSSR count). The van der Waals surface area contributed by atoms with E-state index in [9.17, 15) is 9.90 Å². The van der Waals surface area contributed by atoms with Crippen molar-refractivity contribution in [2.45, 2.75) is 18.8 Å². The van der Waals surface area contributed by atoms with E-state index in [0.717, 1.165) is 24.2 Å². The van der Waals surface area contributed by atoms with Crippen LogP contribution in [-0.4, -0.2) is 33.4 Å². The highest BCUT2D eigenvalue weighted by Gasteiger charge is 2.32. The van der Waals surface area contributed by atoms with Crippen molar-refractivity contribution in [2.75, 3.05) is 7.11 Å². The summed E-state index contributed by atoms with van der Waals surface area (Å²) in [5, 5.41) is 17.6. The molecule has 0 aromatic carbocycles. The zero-order chi connectivity index (χ0) is 13.4. The van der Waals surface area contributed by atoms with Crippen LogP contribution >= 0.6 is 11.3 Å². The third-order valence-electron chi connectivity index (χ3n) is 2.88. The minimum atomic E-state index is -0.924. The van der Waals surface area contributed by atoms with Crippen LogP contribution in [0.25, 0.3) is 10.7 Å². The third-order valence-corrected chi connectivity index (χ3v) is 3.96. The normalized spacial score (nSPS) is 14.4. The maximum absolute atomic E-state index is 11.2. The molecular weight excluding hydrogens is 266 g/mol. The summed E-state index contributed by atoms with van der Waals surface area (Å²) in [5.41, 5.74) is 1.25. The molecule has 1 saturated carbocycles. The van der Waals surface area contributed by atoms with E-state index < -0.39 is 5.97 Å². The second-order valence-electron chi connectivity index (χ2n) is 4.27. The van der Waals surface area contributed by atoms with Crippen LogP contribution in [0.2, 0.25) is 0 Å². The predicted molar refractivity (Wildman–Crippen MR) is 68.6 cm³/mol. The van der Waals surface area contributed by atoms with Gasteiger partial charge in [0, 0.05) is 12.0 Å². The van der Waals surface area contributed by atoms with Crippen molar-refractivity contribution in [1.29, 1.82) is 0 Å². The van der Waals surface area contributed by atoms with Gasteiger partial charge in [-0.25, -0.2) is 9.78 Å². The minimum absolute atomic E-state index is 0.294. The van der Waals surface area contributed by atoms with Gasteiger partial charge in [0.05, 0.1) is 12.8 Å². The van der Waals surface area contributed by atoms with Crippen molar-refractivity contribution in [3.8, 4) is 16.6 Å². The van der Waals surface area contributed by atoms with Crippen LogP contribution in [0.15, 0.2) is 12.1 Å². The Kier molecular flexibility index (Phi) is 2.90. The van der Waals surface area contributed by atoms with Crippen LogP contribution < -0.4 is 4.74 Å². The van der Waals surface area contributed by atoms with Gasteiger partial charge in [0.1, 0.15) is 15.6 Å². The third kappa shape index (κ3) is 2.28. The van der Waals surface area contributed by atoms with Crippen LogP contribution in [0.4, 0.5) is 0 Å². The van der Waals surface area contributed by atoms with Crippen LogP contribution in [0.5, 0.6) is 5.88 Å². The number of thiazole rings is 1. The van der Waals surface area contributed by atoms with Gasteiger partial charge in [-0.15, -0.1) is 21.5 Å². The topological polar surface area (TPSA) is 85.2 Å². The second-order valence-corrected chi connectivity index (χ2v) is 5.27. The van der Waals surface area contributed by atoms with Crippen LogP contribution in [-0.2, 0) is 0 Å². The van der Waals surface area contributed by atoms with Gasteiger partial charge < -0.3 is 9.84 Å². The first-order valence-corrected chi connectivity index (χ1v) is 6.63. The first-order chi connectivity index (χ1) is 9.19. The first-order valence-electron chi connectivity index (χ1n) is 5.81. The van der Waals surface area contributed by atoms with Crippen molar-refractivity contribution in [2.24, 2.45) is 0 Å². The Hall–Kier alpha value is -2.02. The van der Waals surface area contributed by atoms with E-state index in [-0.39, 0.29) is 0 Å². The van der Waals surface area contributed by atoms with Gasteiger partial charge in [-0.1, -0.05) is 0 Å². The highest BCUT2D eigenvalue weighted by atomic mass is 32.1. The zero-order valence-corrected chi connectivity index (χ0v) is 11.0. The molecule has 2 aromatic rings. The van der Waals surface area contributed by atoms with E-state index in [4.69, 9.17) is 4.74 Å². The summed E-state index contributed by atoms with van der Waals surface area (Å²) in [6, 6.07) is 3.41. The van der Waals surface area contributed by atoms with Crippen molar-refractivity contribution in [3.05, 3.63) is 22.7 Å². The fourth-order valence-electron chi connectivity index (χ4n) is 1.77. The number of hydrogen-bond acceptors (Lipinski definition) is 6. The summed E-state index contributed by atoms with van der Waals surface area (Å²) in [4.78, 5) is 15.9. The number of carboxylic acid groups (broad SMARTS) is 1. The van der Waals surface area contributed by atoms with Gasteiger partial charge in [-0.2, -0.15) is 0 Å². The standard InChI is InChI=1S/C12H11N3O3S/c1-18-8-5-4-7(14-15-8)11-13-9(6-2-3-6)10(19-11)12(16)17/h4-6H,2-3H2,1H3,(H,16,17). The van der Waals surface area contributed by atoms with Crippen molar-refractivity contribution < 1.29 is 14.6 Å². The Balaban J connectivity index is 1.99. The Morgan fingerprint density at radius 3 is 2.74 bits per heavy atom. The number of hydrogen-bond donors (Lipinski definition) is 1. The lowest BCUT2D eigenvalue weighted by Gasteiger charge is -1.97. The summed E-state index contributed by atoms with van der Waals surface area (Å²) in [6.07, 6.45) is 2.02. The quantitative estimate of drug-likeness (QED) is 0.922. The second kappa shape index (κ2) is 4.58. The number of carbonyl (C=O) groups is 1. The Labute approximate surface area is 113 Å². The largest absolute Gasteiger partial charge is 0.480 e. The zero-order valence-electron chi connectivity index (χ0n) is 10.2. The number of nitrogens with zero attached hydrogens (tertiary/aromatic N) is 3. The van der Waals surface area contributed by atoms with E-state index >= 15 is 0 Å². The van der Waals surface area contributed by atoms with E-state index in [1.807, 2.05) is 0 Å². The highest BCUT2D eigenvalue weighted by Crippen LogP contribution is 2.43.